The first-order valence-corrected chi connectivity index (χ1v) is 6.32. The predicted molar refractivity (Wildman–Crippen MR) is 63.9 cm³/mol. The third-order valence-electron chi connectivity index (χ3n) is 3.30. The van der Waals surface area contributed by atoms with Crippen molar-refractivity contribution >= 4 is 5.91 Å². The Labute approximate surface area is 97.8 Å². The number of likely N-dealkylation sites (tertiary alicyclic amines) is 2. The Kier molecular flexibility index (Phi) is 4.24. The smallest absolute Gasteiger partial charge is 0.222 e. The summed E-state index contributed by atoms with van der Waals surface area (Å²) in [5.41, 5.74) is 0. The number of carbonyl (C=O) groups is 1. The van der Waals surface area contributed by atoms with E-state index >= 15 is 0 Å². The molecule has 0 unspecified atom stereocenters. The van der Waals surface area contributed by atoms with Crippen molar-refractivity contribution in [1.82, 2.24) is 9.80 Å². The van der Waals surface area contributed by atoms with Gasteiger partial charge in [-0.25, -0.2) is 0 Å². The van der Waals surface area contributed by atoms with Gasteiger partial charge in [-0.05, 0) is 32.4 Å². The van der Waals surface area contributed by atoms with Crippen LogP contribution in [-0.2, 0) is 4.79 Å². The van der Waals surface area contributed by atoms with Gasteiger partial charge in [0.1, 0.15) is 0 Å². The van der Waals surface area contributed by atoms with Gasteiger partial charge in [0.15, 0.2) is 0 Å². The van der Waals surface area contributed by atoms with Crippen LogP contribution in [0.5, 0.6) is 0 Å². The van der Waals surface area contributed by atoms with Crippen molar-refractivity contribution < 1.29 is 4.79 Å². The van der Waals surface area contributed by atoms with Gasteiger partial charge in [0.25, 0.3) is 0 Å². The standard InChI is InChI=1S/C13H20N2O/c16-13-7-6-12-15(13)11-3-1-2-8-14-9-4-5-10-14/h3-12H2. The minimum absolute atomic E-state index is 0.307. The number of nitrogens with zero attached hydrogens (tertiary/aromatic N) is 2. The summed E-state index contributed by atoms with van der Waals surface area (Å²) in [7, 11) is 0. The zero-order valence-electron chi connectivity index (χ0n) is 9.87. The molecule has 2 fully saturated rings. The summed E-state index contributed by atoms with van der Waals surface area (Å²) < 4.78 is 0. The average Bonchev–Trinajstić information content (AvgIpc) is 2.90. The van der Waals surface area contributed by atoms with Crippen molar-refractivity contribution in [3.8, 4) is 11.8 Å². The van der Waals surface area contributed by atoms with Crippen molar-refractivity contribution in [2.24, 2.45) is 0 Å². The van der Waals surface area contributed by atoms with E-state index in [0.717, 1.165) is 38.9 Å². The van der Waals surface area contributed by atoms with E-state index in [9.17, 15) is 4.79 Å². The van der Waals surface area contributed by atoms with Crippen LogP contribution in [0.25, 0.3) is 0 Å². The Morgan fingerprint density at radius 1 is 1.06 bits per heavy atom. The van der Waals surface area contributed by atoms with E-state index in [4.69, 9.17) is 0 Å². The highest BCUT2D eigenvalue weighted by Gasteiger charge is 2.18. The molecule has 2 aliphatic rings. The van der Waals surface area contributed by atoms with Crippen LogP contribution < -0.4 is 0 Å². The Morgan fingerprint density at radius 2 is 1.88 bits per heavy atom. The van der Waals surface area contributed by atoms with Crippen LogP contribution >= 0.6 is 0 Å². The van der Waals surface area contributed by atoms with Crippen LogP contribution in [0, 0.1) is 11.8 Å². The minimum Gasteiger partial charge on any atom is -0.342 e. The highest BCUT2D eigenvalue weighted by molar-refractivity contribution is 5.78. The highest BCUT2D eigenvalue weighted by atomic mass is 16.2. The number of rotatable bonds is 3. The van der Waals surface area contributed by atoms with Crippen molar-refractivity contribution in [3.63, 3.8) is 0 Å². The lowest BCUT2D eigenvalue weighted by Crippen LogP contribution is -2.25. The Hall–Kier alpha value is -1.01. The summed E-state index contributed by atoms with van der Waals surface area (Å²) in [6.45, 7) is 5.09. The minimum atomic E-state index is 0.307. The molecular weight excluding hydrogens is 200 g/mol. The molecule has 0 spiro atoms. The molecule has 2 heterocycles. The third-order valence-corrected chi connectivity index (χ3v) is 3.30. The first kappa shape index (κ1) is 11.5. The van der Waals surface area contributed by atoms with E-state index in [1.165, 1.54) is 25.9 Å². The molecule has 16 heavy (non-hydrogen) atoms. The quantitative estimate of drug-likeness (QED) is 0.665. The fraction of sp³-hybridized carbons (Fsp3) is 0.769. The van der Waals surface area contributed by atoms with Crippen LogP contribution in [0.1, 0.15) is 32.1 Å². The zero-order valence-corrected chi connectivity index (χ0v) is 9.87. The van der Waals surface area contributed by atoms with Crippen LogP contribution in [0.2, 0.25) is 0 Å². The molecule has 0 radical (unpaired) electrons. The third kappa shape index (κ3) is 3.24. The molecule has 0 aromatic heterocycles. The van der Waals surface area contributed by atoms with Crippen LogP contribution in [0.3, 0.4) is 0 Å². The molecular formula is C13H20N2O. The van der Waals surface area contributed by atoms with E-state index in [1.54, 1.807) is 0 Å². The fourth-order valence-electron chi connectivity index (χ4n) is 2.33. The molecule has 3 nitrogen and oxygen atoms in total. The second-order valence-corrected chi connectivity index (χ2v) is 4.57. The topological polar surface area (TPSA) is 23.6 Å². The molecule has 2 aliphatic heterocycles. The van der Waals surface area contributed by atoms with Crippen LogP contribution in [-0.4, -0.2) is 48.4 Å². The van der Waals surface area contributed by atoms with E-state index < -0.39 is 0 Å². The molecule has 0 N–H and O–H groups in total. The van der Waals surface area contributed by atoms with E-state index in [0.29, 0.717) is 5.91 Å². The summed E-state index contributed by atoms with van der Waals surface area (Å²) in [6, 6.07) is 0. The van der Waals surface area contributed by atoms with E-state index in [2.05, 4.69) is 16.7 Å². The molecule has 0 aliphatic carbocycles. The van der Waals surface area contributed by atoms with Crippen molar-refractivity contribution in [2.75, 3.05) is 32.7 Å². The number of amides is 1. The summed E-state index contributed by atoms with van der Waals surface area (Å²) in [6.07, 6.45) is 5.24. The monoisotopic (exact) mass is 220 g/mol. The largest absolute Gasteiger partial charge is 0.342 e. The first-order chi connectivity index (χ1) is 7.86. The second kappa shape index (κ2) is 5.91. The van der Waals surface area contributed by atoms with Gasteiger partial charge in [-0.1, -0.05) is 5.92 Å². The zero-order chi connectivity index (χ0) is 11.2. The first-order valence-electron chi connectivity index (χ1n) is 6.32. The SMILES string of the molecule is O=C1CCCN1CCC#CCN1CCCC1. The molecule has 0 bridgehead atoms. The summed E-state index contributed by atoms with van der Waals surface area (Å²) >= 11 is 0. The van der Waals surface area contributed by atoms with Gasteiger partial charge in [0.05, 0.1) is 6.54 Å². The molecule has 1 amide bonds. The molecule has 0 aromatic carbocycles. The molecule has 0 atom stereocenters. The van der Waals surface area contributed by atoms with Crippen LogP contribution in [0.15, 0.2) is 0 Å². The molecule has 0 aromatic rings. The molecule has 2 rings (SSSR count). The molecule has 88 valence electrons. The van der Waals surface area contributed by atoms with Crippen molar-refractivity contribution in [2.45, 2.75) is 32.1 Å². The predicted octanol–water partition coefficient (Wildman–Crippen LogP) is 1.10. The van der Waals surface area contributed by atoms with Gasteiger partial charge in [-0.15, -0.1) is 5.92 Å². The summed E-state index contributed by atoms with van der Waals surface area (Å²) in [5, 5.41) is 0. The highest BCUT2D eigenvalue weighted by Crippen LogP contribution is 2.09. The Bertz CT molecular complexity index is 297. The van der Waals surface area contributed by atoms with Gasteiger partial charge in [0, 0.05) is 25.9 Å². The fourth-order valence-corrected chi connectivity index (χ4v) is 2.33. The molecule has 2 saturated heterocycles. The van der Waals surface area contributed by atoms with E-state index in [-0.39, 0.29) is 0 Å². The van der Waals surface area contributed by atoms with E-state index in [1.807, 2.05) is 4.90 Å². The average molecular weight is 220 g/mol. The lowest BCUT2D eigenvalue weighted by atomic mass is 10.4. The number of hydrogen-bond acceptors (Lipinski definition) is 2. The maximum atomic E-state index is 11.3. The van der Waals surface area contributed by atoms with Crippen LogP contribution in [0.4, 0.5) is 0 Å². The summed E-state index contributed by atoms with van der Waals surface area (Å²) in [5.74, 6) is 6.69. The summed E-state index contributed by atoms with van der Waals surface area (Å²) in [4.78, 5) is 15.6. The Morgan fingerprint density at radius 3 is 2.56 bits per heavy atom. The lowest BCUT2D eigenvalue weighted by molar-refractivity contribution is -0.127. The number of hydrogen-bond donors (Lipinski definition) is 0. The Balaban J connectivity index is 1.60. The van der Waals surface area contributed by atoms with Gasteiger partial charge >= 0.3 is 0 Å². The van der Waals surface area contributed by atoms with Crippen molar-refractivity contribution in [1.29, 1.82) is 0 Å². The van der Waals surface area contributed by atoms with Crippen molar-refractivity contribution in [3.05, 3.63) is 0 Å². The molecule has 3 heteroatoms. The normalized spacial score (nSPS) is 21.2. The molecule has 0 saturated carbocycles. The van der Waals surface area contributed by atoms with Gasteiger partial charge < -0.3 is 4.90 Å². The maximum absolute atomic E-state index is 11.3. The second-order valence-electron chi connectivity index (χ2n) is 4.57. The van der Waals surface area contributed by atoms with Gasteiger partial charge in [-0.3, -0.25) is 9.69 Å². The maximum Gasteiger partial charge on any atom is 0.222 e. The van der Waals surface area contributed by atoms with Gasteiger partial charge in [0.2, 0.25) is 5.91 Å². The van der Waals surface area contributed by atoms with Gasteiger partial charge in [-0.2, -0.15) is 0 Å². The number of carbonyl (C=O) groups excluding carboxylic acids is 1. The lowest BCUT2D eigenvalue weighted by Gasteiger charge is -2.12.